The lowest BCUT2D eigenvalue weighted by Gasteiger charge is -2.32. The molecule has 1 heterocycles. The van der Waals surface area contributed by atoms with E-state index in [0.717, 1.165) is 11.1 Å². The third-order valence-electron chi connectivity index (χ3n) is 3.86. The summed E-state index contributed by atoms with van der Waals surface area (Å²) in [6, 6.07) is 8.17. The van der Waals surface area contributed by atoms with Crippen molar-refractivity contribution in [2.24, 2.45) is 0 Å². The Labute approximate surface area is 116 Å². The van der Waals surface area contributed by atoms with E-state index in [4.69, 9.17) is 9.31 Å². The van der Waals surface area contributed by atoms with Crippen molar-refractivity contribution < 1.29 is 9.31 Å². The summed E-state index contributed by atoms with van der Waals surface area (Å²) in [5, 5.41) is 0. The van der Waals surface area contributed by atoms with Gasteiger partial charge in [-0.25, -0.2) is 0 Å². The molecule has 2 nitrogen and oxygen atoms in total. The Kier molecular flexibility index (Phi) is 3.70. The average Bonchev–Trinajstić information content (AvgIpc) is 2.56. The first-order valence-electron chi connectivity index (χ1n) is 6.60. The molecule has 1 aromatic carbocycles. The summed E-state index contributed by atoms with van der Waals surface area (Å²) in [7, 11) is -0.294. The molecule has 0 saturated carbocycles. The molecule has 0 bridgehead atoms. The molecule has 3 heteroatoms. The van der Waals surface area contributed by atoms with Gasteiger partial charge in [0.2, 0.25) is 0 Å². The molecule has 19 heavy (non-hydrogen) atoms. The van der Waals surface area contributed by atoms with Crippen LogP contribution in [0.2, 0.25) is 0 Å². The van der Waals surface area contributed by atoms with Gasteiger partial charge in [-0.3, -0.25) is 0 Å². The third kappa shape index (κ3) is 2.99. The summed E-state index contributed by atoms with van der Waals surface area (Å²) >= 11 is 0. The smallest absolute Gasteiger partial charge is 0.400 e. The van der Waals surface area contributed by atoms with Crippen molar-refractivity contribution in [2.75, 3.05) is 0 Å². The molecule has 1 fully saturated rings. The summed E-state index contributed by atoms with van der Waals surface area (Å²) in [5.41, 5.74) is 1.65. The minimum atomic E-state index is -0.294. The third-order valence-corrected chi connectivity index (χ3v) is 3.86. The van der Waals surface area contributed by atoms with E-state index >= 15 is 0 Å². The molecule has 1 aliphatic heterocycles. The Balaban J connectivity index is 2.10. The van der Waals surface area contributed by atoms with E-state index in [1.807, 2.05) is 30.3 Å². The van der Waals surface area contributed by atoms with Crippen molar-refractivity contribution in [3.63, 3.8) is 0 Å². The quantitative estimate of drug-likeness (QED) is 0.761. The van der Waals surface area contributed by atoms with Crippen LogP contribution >= 0.6 is 0 Å². The molecule has 0 amide bonds. The fourth-order valence-corrected chi connectivity index (χ4v) is 1.95. The van der Waals surface area contributed by atoms with Crippen LogP contribution in [0.5, 0.6) is 0 Å². The van der Waals surface area contributed by atoms with Crippen LogP contribution in [0.25, 0.3) is 12.2 Å². The number of hydrogen-bond donors (Lipinski definition) is 0. The zero-order valence-corrected chi connectivity index (χ0v) is 12.1. The van der Waals surface area contributed by atoms with Gasteiger partial charge in [0.25, 0.3) is 0 Å². The van der Waals surface area contributed by atoms with Crippen molar-refractivity contribution in [1.82, 2.24) is 0 Å². The second kappa shape index (κ2) is 4.99. The molecule has 100 valence electrons. The van der Waals surface area contributed by atoms with Crippen LogP contribution in [-0.2, 0) is 9.31 Å². The molecule has 2 rings (SSSR count). The maximum Gasteiger partial charge on any atom is 0.487 e. The molecule has 0 radical (unpaired) electrons. The van der Waals surface area contributed by atoms with Crippen LogP contribution < -0.4 is 0 Å². The Morgan fingerprint density at radius 2 is 1.63 bits per heavy atom. The van der Waals surface area contributed by atoms with Gasteiger partial charge in [-0.1, -0.05) is 42.9 Å². The molecule has 0 aromatic heterocycles. The van der Waals surface area contributed by atoms with Gasteiger partial charge >= 0.3 is 7.12 Å². The highest BCUT2D eigenvalue weighted by atomic mass is 16.7. The normalized spacial score (nSPS) is 20.9. The molecule has 0 N–H and O–H groups in total. The summed E-state index contributed by atoms with van der Waals surface area (Å²) in [6.45, 7) is 12.0. The van der Waals surface area contributed by atoms with Crippen LogP contribution in [0, 0.1) is 0 Å². The highest BCUT2D eigenvalue weighted by Crippen LogP contribution is 2.37. The summed E-state index contributed by atoms with van der Waals surface area (Å²) < 4.78 is 11.8. The Hall–Kier alpha value is -1.32. The summed E-state index contributed by atoms with van der Waals surface area (Å²) in [4.78, 5) is 0. The molecular formula is C16H21BO2. The fraction of sp³-hybridized carbons (Fsp3) is 0.375. The number of hydrogen-bond acceptors (Lipinski definition) is 2. The van der Waals surface area contributed by atoms with E-state index in [1.54, 1.807) is 0 Å². The first kappa shape index (κ1) is 14.1. The van der Waals surface area contributed by atoms with E-state index in [9.17, 15) is 0 Å². The largest absolute Gasteiger partial charge is 0.487 e. The van der Waals surface area contributed by atoms with Crippen LogP contribution in [0.15, 0.2) is 36.8 Å². The van der Waals surface area contributed by atoms with E-state index in [-0.39, 0.29) is 18.3 Å². The predicted octanol–water partition coefficient (Wildman–Crippen LogP) is 3.97. The van der Waals surface area contributed by atoms with Gasteiger partial charge in [0.15, 0.2) is 0 Å². The monoisotopic (exact) mass is 256 g/mol. The topological polar surface area (TPSA) is 18.5 Å². The molecule has 0 aliphatic carbocycles. The first-order valence-corrected chi connectivity index (χ1v) is 6.60. The summed E-state index contributed by atoms with van der Waals surface area (Å²) in [6.07, 6.45) is 3.86. The van der Waals surface area contributed by atoms with E-state index in [0.29, 0.717) is 0 Å². The maximum atomic E-state index is 5.91. The molecule has 1 aromatic rings. The van der Waals surface area contributed by atoms with Gasteiger partial charge in [-0.15, -0.1) is 0 Å². The van der Waals surface area contributed by atoms with Crippen molar-refractivity contribution in [3.8, 4) is 0 Å². The lowest BCUT2D eigenvalue weighted by molar-refractivity contribution is 0.00578. The molecule has 0 unspecified atom stereocenters. The van der Waals surface area contributed by atoms with Crippen LogP contribution in [0.1, 0.15) is 38.8 Å². The van der Waals surface area contributed by atoms with Gasteiger partial charge in [0.05, 0.1) is 11.2 Å². The zero-order chi connectivity index (χ0) is 14.1. The van der Waals surface area contributed by atoms with Gasteiger partial charge < -0.3 is 9.31 Å². The van der Waals surface area contributed by atoms with Gasteiger partial charge in [0.1, 0.15) is 0 Å². The minimum absolute atomic E-state index is 0.287. The lowest BCUT2D eigenvalue weighted by Crippen LogP contribution is -2.41. The van der Waals surface area contributed by atoms with Gasteiger partial charge in [-0.2, -0.15) is 0 Å². The highest BCUT2D eigenvalue weighted by molar-refractivity contribution is 6.52. The van der Waals surface area contributed by atoms with E-state index in [1.165, 1.54) is 0 Å². The lowest BCUT2D eigenvalue weighted by atomic mass is 9.89. The van der Waals surface area contributed by atoms with Crippen LogP contribution in [0.3, 0.4) is 0 Å². The van der Waals surface area contributed by atoms with Gasteiger partial charge in [-0.05, 0) is 44.9 Å². The average molecular weight is 256 g/mol. The highest BCUT2D eigenvalue weighted by Gasteiger charge is 2.49. The standard InChI is InChI=1S/C16H21BO2/c1-6-13-8-7-9-14(12-13)10-11-17-18-15(2,3)16(4,5)19-17/h6-12H,1H2,2-5H3/b11-10+. The predicted molar refractivity (Wildman–Crippen MR) is 81.6 cm³/mol. The molecule has 1 aliphatic rings. The molecule has 1 saturated heterocycles. The second-order valence-electron chi connectivity index (χ2n) is 5.86. The SMILES string of the molecule is C=Cc1cccc(/C=C/B2OC(C)(C)C(C)(C)O2)c1. The first-order chi connectivity index (χ1) is 8.84. The zero-order valence-electron chi connectivity index (χ0n) is 12.1. The second-order valence-corrected chi connectivity index (χ2v) is 5.86. The molecule has 0 atom stereocenters. The van der Waals surface area contributed by atoms with E-state index < -0.39 is 0 Å². The number of benzene rings is 1. The van der Waals surface area contributed by atoms with E-state index in [2.05, 4.69) is 46.4 Å². The molecular weight excluding hydrogens is 235 g/mol. The Morgan fingerprint density at radius 3 is 2.21 bits per heavy atom. The van der Waals surface area contributed by atoms with Crippen molar-refractivity contribution in [1.29, 1.82) is 0 Å². The van der Waals surface area contributed by atoms with Crippen molar-refractivity contribution in [2.45, 2.75) is 38.9 Å². The van der Waals surface area contributed by atoms with Crippen LogP contribution in [0.4, 0.5) is 0 Å². The maximum absolute atomic E-state index is 5.91. The van der Waals surface area contributed by atoms with Gasteiger partial charge in [0, 0.05) is 0 Å². The van der Waals surface area contributed by atoms with Crippen molar-refractivity contribution in [3.05, 3.63) is 47.9 Å². The molecule has 0 spiro atoms. The Morgan fingerprint density at radius 1 is 1.05 bits per heavy atom. The number of rotatable bonds is 3. The van der Waals surface area contributed by atoms with Crippen LogP contribution in [-0.4, -0.2) is 18.3 Å². The van der Waals surface area contributed by atoms with Crippen molar-refractivity contribution >= 4 is 19.3 Å². The minimum Gasteiger partial charge on any atom is -0.400 e. The fourth-order valence-electron chi connectivity index (χ4n) is 1.95. The Bertz CT molecular complexity index is 487. The summed E-state index contributed by atoms with van der Waals surface area (Å²) in [5.74, 6) is 1.96.